The molecule has 140 valence electrons. The second-order valence-electron chi connectivity index (χ2n) is 5.80. The normalized spacial score (nSPS) is 20.2. The van der Waals surface area contributed by atoms with Gasteiger partial charge in [0.1, 0.15) is 17.1 Å². The molecule has 3 rings (SSSR count). The van der Waals surface area contributed by atoms with Crippen molar-refractivity contribution in [3.05, 3.63) is 47.2 Å². The molecule has 0 saturated carbocycles. The van der Waals surface area contributed by atoms with Crippen LogP contribution in [0, 0.1) is 0 Å². The molecule has 1 aliphatic rings. The molecular weight excluding hydrogens is 387 g/mol. The molecule has 0 radical (unpaired) electrons. The average Bonchev–Trinajstić information content (AvgIpc) is 2.89. The van der Waals surface area contributed by atoms with Crippen LogP contribution in [0.25, 0.3) is 11.3 Å². The van der Waals surface area contributed by atoms with Gasteiger partial charge in [-0.15, -0.1) is 24.8 Å². The summed E-state index contributed by atoms with van der Waals surface area (Å²) in [7, 11) is 0. The van der Waals surface area contributed by atoms with E-state index in [2.05, 4.69) is 10.6 Å². The number of aliphatic hydroxyl groups is 1. The number of furan rings is 1. The SMILES string of the molecule is Cl.Cl.OC1(CNCc2ccc(-c3ccccc3Cl)o2)CNCCOC1. The number of rotatable bonds is 5. The highest BCUT2D eigenvalue weighted by Crippen LogP contribution is 2.28. The van der Waals surface area contributed by atoms with Gasteiger partial charge in [0.15, 0.2) is 0 Å². The van der Waals surface area contributed by atoms with Crippen LogP contribution in [0.2, 0.25) is 5.02 Å². The number of hydrogen-bond acceptors (Lipinski definition) is 5. The van der Waals surface area contributed by atoms with Crippen molar-refractivity contribution in [2.75, 3.05) is 32.8 Å². The Morgan fingerprint density at radius 2 is 2.00 bits per heavy atom. The standard InChI is InChI=1S/C17H21ClN2O3.2ClH/c18-15-4-2-1-3-14(15)16-6-5-13(23-16)9-20-11-17(21)10-19-7-8-22-12-17;;/h1-6,19-21H,7-12H2;2*1H. The third kappa shape index (κ3) is 6.15. The van der Waals surface area contributed by atoms with Crippen molar-refractivity contribution in [2.45, 2.75) is 12.1 Å². The Morgan fingerprint density at radius 1 is 1.20 bits per heavy atom. The monoisotopic (exact) mass is 408 g/mol. The molecule has 1 unspecified atom stereocenters. The van der Waals surface area contributed by atoms with Gasteiger partial charge in [0.25, 0.3) is 0 Å². The highest BCUT2D eigenvalue weighted by molar-refractivity contribution is 6.33. The number of ether oxygens (including phenoxy) is 1. The Morgan fingerprint density at radius 3 is 2.80 bits per heavy atom. The summed E-state index contributed by atoms with van der Waals surface area (Å²) < 4.78 is 11.2. The van der Waals surface area contributed by atoms with E-state index in [0.717, 1.165) is 23.6 Å². The third-order valence-electron chi connectivity index (χ3n) is 3.80. The number of halogens is 3. The van der Waals surface area contributed by atoms with Gasteiger partial charge in [-0.05, 0) is 24.3 Å². The maximum Gasteiger partial charge on any atom is 0.135 e. The van der Waals surface area contributed by atoms with Gasteiger partial charge in [0.05, 0.1) is 24.8 Å². The van der Waals surface area contributed by atoms with Crippen molar-refractivity contribution in [3.63, 3.8) is 0 Å². The molecule has 0 spiro atoms. The fraction of sp³-hybridized carbons (Fsp3) is 0.412. The van der Waals surface area contributed by atoms with Gasteiger partial charge in [-0.3, -0.25) is 0 Å². The summed E-state index contributed by atoms with van der Waals surface area (Å²) in [4.78, 5) is 0. The summed E-state index contributed by atoms with van der Waals surface area (Å²) in [6.45, 7) is 3.21. The molecule has 0 amide bonds. The molecule has 0 aliphatic carbocycles. The van der Waals surface area contributed by atoms with Crippen LogP contribution in [0.1, 0.15) is 5.76 Å². The number of nitrogens with one attached hydrogen (secondary N) is 2. The van der Waals surface area contributed by atoms with Gasteiger partial charge >= 0.3 is 0 Å². The summed E-state index contributed by atoms with van der Waals surface area (Å²) in [6, 6.07) is 11.4. The lowest BCUT2D eigenvalue weighted by molar-refractivity contribution is -0.0266. The minimum Gasteiger partial charge on any atom is -0.460 e. The van der Waals surface area contributed by atoms with Gasteiger partial charge in [-0.25, -0.2) is 0 Å². The molecule has 1 aliphatic heterocycles. The first-order valence-electron chi connectivity index (χ1n) is 7.71. The molecule has 3 N–H and O–H groups in total. The average molecular weight is 410 g/mol. The highest BCUT2D eigenvalue weighted by atomic mass is 35.5. The predicted octanol–water partition coefficient (Wildman–Crippen LogP) is 2.88. The van der Waals surface area contributed by atoms with E-state index in [-0.39, 0.29) is 24.8 Å². The zero-order chi connectivity index (χ0) is 16.1. The Bertz CT molecular complexity index is 644. The second-order valence-corrected chi connectivity index (χ2v) is 6.21. The van der Waals surface area contributed by atoms with E-state index in [4.69, 9.17) is 20.8 Å². The largest absolute Gasteiger partial charge is 0.460 e. The van der Waals surface area contributed by atoms with Gasteiger partial charge in [0, 0.05) is 25.2 Å². The molecule has 1 aromatic heterocycles. The Labute approximate surface area is 164 Å². The van der Waals surface area contributed by atoms with Gasteiger partial charge in [-0.1, -0.05) is 23.7 Å². The van der Waals surface area contributed by atoms with Gasteiger partial charge < -0.3 is 24.9 Å². The molecule has 1 fully saturated rings. The van der Waals surface area contributed by atoms with Crippen molar-refractivity contribution in [2.24, 2.45) is 0 Å². The quantitative estimate of drug-likeness (QED) is 0.708. The number of β-amino-alcohol motifs (C(OH)–C–C–N with tert-alkyl or cyclic N) is 1. The minimum absolute atomic E-state index is 0. The van der Waals surface area contributed by atoms with Crippen LogP contribution in [0.15, 0.2) is 40.8 Å². The van der Waals surface area contributed by atoms with E-state index in [1.807, 2.05) is 36.4 Å². The van der Waals surface area contributed by atoms with Crippen LogP contribution in [0.3, 0.4) is 0 Å². The van der Waals surface area contributed by atoms with Crippen molar-refractivity contribution in [3.8, 4) is 11.3 Å². The van der Waals surface area contributed by atoms with Crippen LogP contribution in [-0.2, 0) is 11.3 Å². The Kier molecular flexibility index (Phi) is 9.24. The van der Waals surface area contributed by atoms with Gasteiger partial charge in [0.2, 0.25) is 0 Å². The van der Waals surface area contributed by atoms with E-state index < -0.39 is 5.60 Å². The lowest BCUT2D eigenvalue weighted by Crippen LogP contribution is -2.49. The zero-order valence-corrected chi connectivity index (χ0v) is 16.1. The van der Waals surface area contributed by atoms with Crippen LogP contribution < -0.4 is 10.6 Å². The lowest BCUT2D eigenvalue weighted by atomic mass is 10.1. The van der Waals surface area contributed by atoms with Gasteiger partial charge in [-0.2, -0.15) is 0 Å². The Balaban J connectivity index is 0.00000156. The topological polar surface area (TPSA) is 66.7 Å². The predicted molar refractivity (Wildman–Crippen MR) is 104 cm³/mol. The Hall–Kier alpha value is -0.790. The second kappa shape index (κ2) is 10.4. The van der Waals surface area contributed by atoms with E-state index in [0.29, 0.717) is 37.9 Å². The summed E-state index contributed by atoms with van der Waals surface area (Å²) >= 11 is 6.18. The first-order valence-corrected chi connectivity index (χ1v) is 8.09. The maximum atomic E-state index is 10.5. The third-order valence-corrected chi connectivity index (χ3v) is 4.13. The van der Waals surface area contributed by atoms with Crippen molar-refractivity contribution < 1.29 is 14.3 Å². The highest BCUT2D eigenvalue weighted by Gasteiger charge is 2.28. The first kappa shape index (κ1) is 22.3. The van der Waals surface area contributed by atoms with E-state index >= 15 is 0 Å². The molecule has 0 bridgehead atoms. The molecular formula is C17H23Cl3N2O3. The molecule has 8 heteroatoms. The summed E-state index contributed by atoms with van der Waals surface area (Å²) in [5.41, 5.74) is -0.0188. The minimum atomic E-state index is -0.894. The number of benzene rings is 1. The fourth-order valence-electron chi connectivity index (χ4n) is 2.59. The maximum absolute atomic E-state index is 10.5. The molecule has 1 saturated heterocycles. The molecule has 2 heterocycles. The van der Waals surface area contributed by atoms with Crippen LogP contribution in [0.4, 0.5) is 0 Å². The molecule has 1 aromatic carbocycles. The van der Waals surface area contributed by atoms with Crippen LogP contribution in [-0.4, -0.2) is 43.6 Å². The summed E-state index contributed by atoms with van der Waals surface area (Å²) in [5, 5.41) is 17.5. The van der Waals surface area contributed by atoms with E-state index in [1.165, 1.54) is 0 Å². The number of hydrogen-bond donors (Lipinski definition) is 3. The van der Waals surface area contributed by atoms with E-state index in [9.17, 15) is 5.11 Å². The first-order chi connectivity index (χ1) is 11.2. The van der Waals surface area contributed by atoms with Crippen molar-refractivity contribution >= 4 is 36.4 Å². The molecule has 2 aromatic rings. The molecule has 25 heavy (non-hydrogen) atoms. The van der Waals surface area contributed by atoms with Crippen LogP contribution >= 0.6 is 36.4 Å². The fourth-order valence-corrected chi connectivity index (χ4v) is 2.82. The summed E-state index contributed by atoms with van der Waals surface area (Å²) in [6.07, 6.45) is 0. The van der Waals surface area contributed by atoms with E-state index in [1.54, 1.807) is 0 Å². The van der Waals surface area contributed by atoms with Crippen molar-refractivity contribution in [1.29, 1.82) is 0 Å². The zero-order valence-electron chi connectivity index (χ0n) is 13.7. The molecule has 5 nitrogen and oxygen atoms in total. The smallest absolute Gasteiger partial charge is 0.135 e. The molecule has 1 atom stereocenters. The lowest BCUT2D eigenvalue weighted by Gasteiger charge is -2.25. The van der Waals surface area contributed by atoms with Crippen LogP contribution in [0.5, 0.6) is 0 Å². The van der Waals surface area contributed by atoms with Crippen molar-refractivity contribution in [1.82, 2.24) is 10.6 Å². The summed E-state index contributed by atoms with van der Waals surface area (Å²) in [5.74, 6) is 1.54.